The molecule has 1 aliphatic heterocycles. The van der Waals surface area contributed by atoms with Crippen LogP contribution in [0.3, 0.4) is 0 Å². The van der Waals surface area contributed by atoms with E-state index in [0.29, 0.717) is 12.0 Å². The van der Waals surface area contributed by atoms with Crippen LogP contribution in [0.1, 0.15) is 33.8 Å². The first-order valence-electron chi connectivity index (χ1n) is 6.67. The molecule has 1 saturated heterocycles. The van der Waals surface area contributed by atoms with Crippen molar-refractivity contribution in [1.29, 1.82) is 0 Å². The Morgan fingerprint density at radius 3 is 2.68 bits per heavy atom. The van der Waals surface area contributed by atoms with Crippen molar-refractivity contribution in [3.63, 3.8) is 0 Å². The van der Waals surface area contributed by atoms with E-state index in [-0.39, 0.29) is 0 Å². The zero-order valence-electron chi connectivity index (χ0n) is 10.5. The summed E-state index contributed by atoms with van der Waals surface area (Å²) in [5.41, 5.74) is 5.94. The molecule has 2 aliphatic rings. The molecule has 0 N–H and O–H groups in total. The monoisotopic (exact) mass is 250 g/mol. The van der Waals surface area contributed by atoms with Gasteiger partial charge >= 0.3 is 0 Å². The van der Waals surface area contributed by atoms with Gasteiger partial charge in [0.05, 0.1) is 12.7 Å². The summed E-state index contributed by atoms with van der Waals surface area (Å²) in [5, 5.41) is 0. The third-order valence-corrected chi connectivity index (χ3v) is 4.12. The third kappa shape index (κ3) is 1.71. The molecule has 1 aliphatic carbocycles. The van der Waals surface area contributed by atoms with Gasteiger partial charge in [0, 0.05) is 11.5 Å². The second-order valence-corrected chi connectivity index (χ2v) is 5.30. The van der Waals surface area contributed by atoms with Crippen molar-refractivity contribution in [2.45, 2.75) is 18.4 Å². The molecule has 2 aromatic rings. The van der Waals surface area contributed by atoms with Crippen molar-refractivity contribution in [2.24, 2.45) is 0 Å². The molecule has 0 spiro atoms. The summed E-state index contributed by atoms with van der Waals surface area (Å²) in [5.74, 6) is 0.416. The van der Waals surface area contributed by atoms with Crippen molar-refractivity contribution in [2.75, 3.05) is 6.61 Å². The van der Waals surface area contributed by atoms with E-state index in [9.17, 15) is 4.79 Å². The van der Waals surface area contributed by atoms with Gasteiger partial charge in [0.15, 0.2) is 0 Å². The Morgan fingerprint density at radius 1 is 1.11 bits per heavy atom. The Balaban J connectivity index is 1.88. The van der Waals surface area contributed by atoms with Gasteiger partial charge in [0.2, 0.25) is 0 Å². The van der Waals surface area contributed by atoms with Crippen LogP contribution < -0.4 is 0 Å². The van der Waals surface area contributed by atoms with E-state index in [1.807, 2.05) is 12.1 Å². The molecule has 0 saturated carbocycles. The third-order valence-electron chi connectivity index (χ3n) is 4.12. The fourth-order valence-electron chi connectivity index (χ4n) is 3.12. The second-order valence-electron chi connectivity index (χ2n) is 5.30. The van der Waals surface area contributed by atoms with Gasteiger partial charge in [0.1, 0.15) is 6.29 Å². The summed E-state index contributed by atoms with van der Waals surface area (Å²) >= 11 is 0. The number of benzene rings is 2. The summed E-state index contributed by atoms with van der Waals surface area (Å²) in [6.45, 7) is 0.889. The predicted octanol–water partition coefficient (Wildman–Crippen LogP) is 3.40. The maximum Gasteiger partial charge on any atom is 0.150 e. The van der Waals surface area contributed by atoms with Crippen molar-refractivity contribution < 1.29 is 9.53 Å². The zero-order valence-corrected chi connectivity index (χ0v) is 10.5. The molecule has 2 unspecified atom stereocenters. The highest BCUT2D eigenvalue weighted by atomic mass is 16.6. The number of epoxide rings is 1. The summed E-state index contributed by atoms with van der Waals surface area (Å²) in [6, 6.07) is 14.5. The maximum atomic E-state index is 11.0. The molecule has 0 radical (unpaired) electrons. The van der Waals surface area contributed by atoms with E-state index in [2.05, 4.69) is 30.3 Å². The van der Waals surface area contributed by atoms with Gasteiger partial charge in [-0.1, -0.05) is 36.4 Å². The van der Waals surface area contributed by atoms with Crippen LogP contribution in [0.4, 0.5) is 0 Å². The molecule has 2 aromatic carbocycles. The quantitative estimate of drug-likeness (QED) is 0.617. The minimum Gasteiger partial charge on any atom is -0.373 e. The first-order chi connectivity index (χ1) is 9.36. The van der Waals surface area contributed by atoms with E-state index in [1.165, 1.54) is 22.3 Å². The summed E-state index contributed by atoms with van der Waals surface area (Å²) in [6.07, 6.45) is 2.37. The van der Waals surface area contributed by atoms with E-state index in [4.69, 9.17) is 4.74 Å². The van der Waals surface area contributed by atoms with Gasteiger partial charge in [-0.05, 0) is 34.7 Å². The van der Waals surface area contributed by atoms with Gasteiger partial charge in [-0.15, -0.1) is 0 Å². The zero-order chi connectivity index (χ0) is 12.8. The molecule has 2 heteroatoms. The SMILES string of the molecule is O=Cc1ccc2c(c1)-c1ccccc1C2CC1CO1. The molecular weight excluding hydrogens is 236 g/mol. The molecular formula is C17H14O2. The highest BCUT2D eigenvalue weighted by Crippen LogP contribution is 2.47. The van der Waals surface area contributed by atoms with Crippen molar-refractivity contribution in [3.05, 3.63) is 59.2 Å². The Hall–Kier alpha value is -1.93. The van der Waals surface area contributed by atoms with Crippen LogP contribution in [0.5, 0.6) is 0 Å². The highest BCUT2D eigenvalue weighted by molar-refractivity contribution is 5.85. The van der Waals surface area contributed by atoms with Crippen LogP contribution >= 0.6 is 0 Å². The second kappa shape index (κ2) is 4.04. The molecule has 4 rings (SSSR count). The Bertz CT molecular complexity index is 656. The Morgan fingerprint density at radius 2 is 1.89 bits per heavy atom. The van der Waals surface area contributed by atoms with E-state index in [1.54, 1.807) is 0 Å². The summed E-state index contributed by atoms with van der Waals surface area (Å²) < 4.78 is 5.39. The number of ether oxygens (including phenoxy) is 1. The van der Waals surface area contributed by atoms with Crippen LogP contribution in [0.2, 0.25) is 0 Å². The van der Waals surface area contributed by atoms with Gasteiger partial charge < -0.3 is 4.74 Å². The van der Waals surface area contributed by atoms with Crippen molar-refractivity contribution >= 4 is 6.29 Å². The smallest absolute Gasteiger partial charge is 0.150 e. The molecule has 94 valence electrons. The van der Waals surface area contributed by atoms with E-state index in [0.717, 1.165) is 24.9 Å². The van der Waals surface area contributed by atoms with E-state index >= 15 is 0 Å². The first-order valence-corrected chi connectivity index (χ1v) is 6.67. The highest BCUT2D eigenvalue weighted by Gasteiger charge is 2.34. The lowest BCUT2D eigenvalue weighted by Gasteiger charge is -2.11. The lowest BCUT2D eigenvalue weighted by Crippen LogP contribution is -2.01. The normalized spacial score (nSPS) is 22.7. The van der Waals surface area contributed by atoms with Crippen LogP contribution in [0.15, 0.2) is 42.5 Å². The Labute approximate surface area is 112 Å². The molecule has 0 amide bonds. The van der Waals surface area contributed by atoms with Gasteiger partial charge in [-0.25, -0.2) is 0 Å². The lowest BCUT2D eigenvalue weighted by atomic mass is 9.92. The summed E-state index contributed by atoms with van der Waals surface area (Å²) in [7, 11) is 0. The van der Waals surface area contributed by atoms with E-state index < -0.39 is 0 Å². The van der Waals surface area contributed by atoms with Crippen molar-refractivity contribution in [3.8, 4) is 11.1 Å². The predicted molar refractivity (Wildman–Crippen MR) is 73.5 cm³/mol. The minimum absolute atomic E-state index is 0.412. The number of hydrogen-bond acceptors (Lipinski definition) is 2. The maximum absolute atomic E-state index is 11.0. The number of carbonyl (C=O) groups is 1. The minimum atomic E-state index is 0.412. The molecule has 1 heterocycles. The average Bonchev–Trinajstić information content (AvgIpc) is 3.23. The molecule has 2 atom stereocenters. The molecule has 1 fully saturated rings. The average molecular weight is 250 g/mol. The van der Waals surface area contributed by atoms with Crippen LogP contribution in [-0.2, 0) is 4.74 Å². The number of rotatable bonds is 3. The first kappa shape index (κ1) is 10.9. The van der Waals surface area contributed by atoms with Gasteiger partial charge in [-0.2, -0.15) is 0 Å². The lowest BCUT2D eigenvalue weighted by molar-refractivity contribution is 0.112. The standard InChI is InChI=1S/C17H14O2/c18-9-11-5-6-15-16(7-11)13-3-1-2-4-14(13)17(15)8-12-10-19-12/h1-7,9,12,17H,8,10H2. The van der Waals surface area contributed by atoms with Gasteiger partial charge in [0.25, 0.3) is 0 Å². The summed E-state index contributed by atoms with van der Waals surface area (Å²) in [4.78, 5) is 11.0. The molecule has 0 aromatic heterocycles. The largest absolute Gasteiger partial charge is 0.373 e. The number of fused-ring (bicyclic) bond motifs is 3. The Kier molecular flexibility index (Phi) is 2.32. The number of aldehydes is 1. The van der Waals surface area contributed by atoms with Gasteiger partial charge in [-0.3, -0.25) is 4.79 Å². The molecule has 19 heavy (non-hydrogen) atoms. The fraction of sp³-hybridized carbons (Fsp3) is 0.235. The van der Waals surface area contributed by atoms with Crippen LogP contribution in [-0.4, -0.2) is 19.0 Å². The fourth-order valence-corrected chi connectivity index (χ4v) is 3.12. The van der Waals surface area contributed by atoms with Crippen LogP contribution in [0, 0.1) is 0 Å². The number of carbonyl (C=O) groups excluding carboxylic acids is 1. The molecule has 0 bridgehead atoms. The molecule has 2 nitrogen and oxygen atoms in total. The van der Waals surface area contributed by atoms with Crippen molar-refractivity contribution in [1.82, 2.24) is 0 Å². The number of hydrogen-bond donors (Lipinski definition) is 0. The topological polar surface area (TPSA) is 29.6 Å². The van der Waals surface area contributed by atoms with Crippen LogP contribution in [0.25, 0.3) is 11.1 Å².